The highest BCUT2D eigenvalue weighted by Gasteiger charge is 2.16. The zero-order valence-corrected chi connectivity index (χ0v) is 15.1. The molecule has 0 unspecified atom stereocenters. The molecule has 0 fully saturated rings. The first kappa shape index (κ1) is 16.8. The highest BCUT2D eigenvalue weighted by atomic mass is 16.5. The van der Waals surface area contributed by atoms with E-state index in [2.05, 4.69) is 40.7 Å². The van der Waals surface area contributed by atoms with E-state index in [-0.39, 0.29) is 0 Å². The standard InChI is InChI=1S/C22H20N4O/c1-27-22-10-9-20(17-5-3-2-4-6-17)25-26(22)12-11-16-7-8-21-19(13-16)18(14-23)15-24-21/h2-10,13,15,24-25H,11-12H2,1H3. The number of methoxy groups -OCH3 is 1. The van der Waals surface area contributed by atoms with Crippen molar-refractivity contribution in [3.8, 4) is 6.07 Å². The summed E-state index contributed by atoms with van der Waals surface area (Å²) < 4.78 is 5.50. The van der Waals surface area contributed by atoms with Crippen LogP contribution in [0.25, 0.3) is 16.6 Å². The summed E-state index contributed by atoms with van der Waals surface area (Å²) in [5.74, 6) is 0.773. The van der Waals surface area contributed by atoms with Crippen LogP contribution >= 0.6 is 0 Å². The number of ether oxygens (including phenoxy) is 1. The van der Waals surface area contributed by atoms with Crippen LogP contribution in [0, 0.1) is 11.3 Å². The largest absolute Gasteiger partial charge is 0.481 e. The number of nitrogens with one attached hydrogen (secondary N) is 2. The summed E-state index contributed by atoms with van der Waals surface area (Å²) in [6, 6.07) is 18.6. The molecule has 2 aromatic carbocycles. The maximum absolute atomic E-state index is 9.23. The highest BCUT2D eigenvalue weighted by molar-refractivity contribution is 5.86. The number of hydrogen-bond acceptors (Lipinski definition) is 4. The van der Waals surface area contributed by atoms with Crippen molar-refractivity contribution in [3.05, 3.63) is 89.5 Å². The Hall–Kier alpha value is -3.65. The number of aromatic nitrogens is 1. The van der Waals surface area contributed by atoms with Crippen LogP contribution < -0.4 is 5.43 Å². The van der Waals surface area contributed by atoms with Gasteiger partial charge in [-0.3, -0.25) is 10.4 Å². The first-order valence-electron chi connectivity index (χ1n) is 8.84. The van der Waals surface area contributed by atoms with E-state index in [4.69, 9.17) is 4.74 Å². The summed E-state index contributed by atoms with van der Waals surface area (Å²) in [5.41, 5.74) is 8.43. The molecule has 2 heterocycles. The Morgan fingerprint density at radius 2 is 1.96 bits per heavy atom. The molecule has 0 radical (unpaired) electrons. The van der Waals surface area contributed by atoms with Gasteiger partial charge in [0.15, 0.2) is 0 Å². The van der Waals surface area contributed by atoms with Crippen LogP contribution in [0.4, 0.5) is 0 Å². The summed E-state index contributed by atoms with van der Waals surface area (Å²) in [5, 5.41) is 12.2. The molecule has 0 saturated heterocycles. The molecule has 0 amide bonds. The fraction of sp³-hybridized carbons (Fsp3) is 0.136. The molecule has 0 aliphatic carbocycles. The molecule has 0 saturated carbocycles. The maximum Gasteiger partial charge on any atom is 0.208 e. The summed E-state index contributed by atoms with van der Waals surface area (Å²) >= 11 is 0. The maximum atomic E-state index is 9.23. The van der Waals surface area contributed by atoms with Gasteiger partial charge in [-0.2, -0.15) is 5.26 Å². The predicted octanol–water partition coefficient (Wildman–Crippen LogP) is 3.93. The summed E-state index contributed by atoms with van der Waals surface area (Å²) in [7, 11) is 1.67. The van der Waals surface area contributed by atoms with E-state index < -0.39 is 0 Å². The van der Waals surface area contributed by atoms with Crippen LogP contribution in [0.15, 0.2) is 72.8 Å². The second kappa shape index (κ2) is 7.30. The van der Waals surface area contributed by atoms with Crippen LogP contribution in [-0.4, -0.2) is 23.6 Å². The van der Waals surface area contributed by atoms with Crippen molar-refractivity contribution in [2.45, 2.75) is 6.42 Å². The lowest BCUT2D eigenvalue weighted by Crippen LogP contribution is -2.39. The molecule has 0 spiro atoms. The number of H-pyrrole nitrogens is 1. The van der Waals surface area contributed by atoms with Gasteiger partial charge >= 0.3 is 0 Å². The van der Waals surface area contributed by atoms with Crippen molar-refractivity contribution < 1.29 is 4.74 Å². The summed E-state index contributed by atoms with van der Waals surface area (Å²) in [4.78, 5) is 3.13. The smallest absolute Gasteiger partial charge is 0.208 e. The predicted molar refractivity (Wildman–Crippen MR) is 106 cm³/mol. The van der Waals surface area contributed by atoms with Crippen molar-refractivity contribution in [1.82, 2.24) is 15.4 Å². The minimum atomic E-state index is 0.676. The Kier molecular flexibility index (Phi) is 4.54. The van der Waals surface area contributed by atoms with Crippen molar-refractivity contribution >= 4 is 16.6 Å². The molecule has 1 aromatic heterocycles. The number of rotatable bonds is 5. The highest BCUT2D eigenvalue weighted by Crippen LogP contribution is 2.22. The Bertz CT molecular complexity index is 1060. The lowest BCUT2D eigenvalue weighted by molar-refractivity contribution is 0.127. The zero-order valence-electron chi connectivity index (χ0n) is 15.1. The molecule has 5 nitrogen and oxygen atoms in total. The normalized spacial score (nSPS) is 13.6. The Labute approximate surface area is 158 Å². The first-order chi connectivity index (χ1) is 13.3. The average Bonchev–Trinajstić information content (AvgIpc) is 3.15. The minimum absolute atomic E-state index is 0.676. The topological polar surface area (TPSA) is 64.1 Å². The lowest BCUT2D eigenvalue weighted by atomic mass is 10.1. The third-order valence-electron chi connectivity index (χ3n) is 4.70. The summed E-state index contributed by atoms with van der Waals surface area (Å²) in [6.45, 7) is 0.738. The van der Waals surface area contributed by atoms with Gasteiger partial charge in [0.1, 0.15) is 6.07 Å². The summed E-state index contributed by atoms with van der Waals surface area (Å²) in [6.07, 6.45) is 6.57. The van der Waals surface area contributed by atoms with Gasteiger partial charge < -0.3 is 9.72 Å². The Balaban J connectivity index is 1.51. The second-order valence-corrected chi connectivity index (χ2v) is 6.36. The van der Waals surface area contributed by atoms with E-state index in [1.807, 2.05) is 41.4 Å². The first-order valence-corrected chi connectivity index (χ1v) is 8.84. The van der Waals surface area contributed by atoms with Crippen LogP contribution in [0.2, 0.25) is 0 Å². The van der Waals surface area contributed by atoms with Gasteiger partial charge in [0.05, 0.1) is 18.4 Å². The minimum Gasteiger partial charge on any atom is -0.481 e. The third-order valence-corrected chi connectivity index (χ3v) is 4.70. The average molecular weight is 356 g/mol. The monoisotopic (exact) mass is 356 g/mol. The van der Waals surface area contributed by atoms with E-state index in [9.17, 15) is 5.26 Å². The van der Waals surface area contributed by atoms with Gasteiger partial charge in [-0.15, -0.1) is 0 Å². The van der Waals surface area contributed by atoms with E-state index >= 15 is 0 Å². The van der Waals surface area contributed by atoms with Gasteiger partial charge in [0.2, 0.25) is 5.88 Å². The SMILES string of the molecule is COC1=CC=C(c2ccccc2)NN1CCc1ccc2[nH]cc(C#N)c2c1. The van der Waals surface area contributed by atoms with Crippen LogP contribution in [0.5, 0.6) is 0 Å². The molecule has 27 heavy (non-hydrogen) atoms. The van der Waals surface area contributed by atoms with Crippen LogP contribution in [-0.2, 0) is 11.2 Å². The molecule has 5 heteroatoms. The quantitative estimate of drug-likeness (QED) is 0.727. The Morgan fingerprint density at radius 3 is 2.74 bits per heavy atom. The molecule has 2 N–H and O–H groups in total. The lowest BCUT2D eigenvalue weighted by Gasteiger charge is -2.31. The molecule has 1 aliphatic rings. The number of aromatic amines is 1. The molecule has 3 aromatic rings. The molecule has 0 bridgehead atoms. The molecule has 0 atom stereocenters. The number of hydrazine groups is 1. The van der Waals surface area contributed by atoms with E-state index in [0.29, 0.717) is 5.56 Å². The molecular formula is C22H20N4O. The van der Waals surface area contributed by atoms with Gasteiger partial charge in [-0.25, -0.2) is 0 Å². The number of nitrogens with zero attached hydrogens (tertiary/aromatic N) is 2. The number of benzene rings is 2. The van der Waals surface area contributed by atoms with Crippen molar-refractivity contribution in [1.29, 1.82) is 5.26 Å². The van der Waals surface area contributed by atoms with Gasteiger partial charge in [0.25, 0.3) is 0 Å². The molecular weight excluding hydrogens is 336 g/mol. The molecule has 134 valence electrons. The van der Waals surface area contributed by atoms with Gasteiger partial charge in [-0.05, 0) is 35.8 Å². The van der Waals surface area contributed by atoms with Crippen molar-refractivity contribution in [3.63, 3.8) is 0 Å². The van der Waals surface area contributed by atoms with Gasteiger partial charge in [-0.1, -0.05) is 36.4 Å². The fourth-order valence-corrected chi connectivity index (χ4v) is 3.26. The van der Waals surface area contributed by atoms with E-state index in [0.717, 1.165) is 41.0 Å². The van der Waals surface area contributed by atoms with Crippen molar-refractivity contribution in [2.75, 3.05) is 13.7 Å². The number of fused-ring (bicyclic) bond motifs is 1. The number of allylic oxidation sites excluding steroid dienone is 2. The van der Waals surface area contributed by atoms with Crippen LogP contribution in [0.1, 0.15) is 16.7 Å². The number of hydrogen-bond donors (Lipinski definition) is 2. The molecule has 4 rings (SSSR count). The van der Waals surface area contributed by atoms with Crippen LogP contribution in [0.3, 0.4) is 0 Å². The van der Waals surface area contributed by atoms with E-state index in [1.165, 1.54) is 5.56 Å². The van der Waals surface area contributed by atoms with Crippen molar-refractivity contribution in [2.24, 2.45) is 0 Å². The fourth-order valence-electron chi connectivity index (χ4n) is 3.26. The van der Waals surface area contributed by atoms with E-state index in [1.54, 1.807) is 13.3 Å². The third kappa shape index (κ3) is 3.38. The Morgan fingerprint density at radius 1 is 1.11 bits per heavy atom. The van der Waals surface area contributed by atoms with Gasteiger partial charge in [0, 0.05) is 29.7 Å². The zero-order chi connectivity index (χ0) is 18.6. The number of nitriles is 1. The molecule has 1 aliphatic heterocycles. The second-order valence-electron chi connectivity index (χ2n) is 6.36.